The minimum absolute atomic E-state index is 0.0680. The van der Waals surface area contributed by atoms with Gasteiger partial charge >= 0.3 is 5.97 Å². The molecule has 15 heavy (non-hydrogen) atoms. The Labute approximate surface area is 86.5 Å². The van der Waals surface area contributed by atoms with E-state index >= 15 is 0 Å². The van der Waals surface area contributed by atoms with E-state index in [2.05, 4.69) is 4.98 Å². The van der Waals surface area contributed by atoms with Crippen molar-refractivity contribution in [3.8, 4) is 0 Å². The molecule has 0 saturated heterocycles. The van der Waals surface area contributed by atoms with Gasteiger partial charge in [-0.25, -0.2) is 18.2 Å². The van der Waals surface area contributed by atoms with Crippen LogP contribution in [0.3, 0.4) is 0 Å². The normalized spacial score (nSPS) is 18.5. The minimum Gasteiger partial charge on any atom is -0.475 e. The van der Waals surface area contributed by atoms with E-state index < -0.39 is 15.8 Å². The third-order valence-corrected chi connectivity index (χ3v) is 4.03. The first-order chi connectivity index (χ1) is 6.91. The summed E-state index contributed by atoms with van der Waals surface area (Å²) in [6.07, 6.45) is 0.342. The molecule has 1 aromatic rings. The van der Waals surface area contributed by atoms with Crippen molar-refractivity contribution in [3.05, 3.63) is 17.2 Å². The van der Waals surface area contributed by atoms with Crippen LogP contribution in [0.4, 0.5) is 0 Å². The molecule has 1 N–H and O–H groups in total. The number of imidazole rings is 1. The summed E-state index contributed by atoms with van der Waals surface area (Å²) in [5.74, 6) is -1.32. The molecule has 0 fully saturated rings. The molecule has 0 unspecified atom stereocenters. The summed E-state index contributed by atoms with van der Waals surface area (Å²) in [6.45, 7) is 0. The van der Waals surface area contributed by atoms with Crippen LogP contribution in [0, 0.1) is 0 Å². The molecule has 82 valence electrons. The topological polar surface area (TPSA) is 89.3 Å². The number of carboxylic acids is 1. The summed E-state index contributed by atoms with van der Waals surface area (Å²) < 4.78 is 24.1. The number of aromatic nitrogens is 2. The maximum absolute atomic E-state index is 11.3. The van der Waals surface area contributed by atoms with Crippen LogP contribution in [0.15, 0.2) is 0 Å². The highest BCUT2D eigenvalue weighted by atomic mass is 32.2. The van der Waals surface area contributed by atoms with Crippen molar-refractivity contribution in [3.63, 3.8) is 0 Å². The first-order valence-electron chi connectivity index (χ1n) is 4.39. The zero-order chi connectivity index (χ0) is 11.2. The van der Waals surface area contributed by atoms with Gasteiger partial charge in [0.15, 0.2) is 9.84 Å². The maximum atomic E-state index is 11.3. The highest BCUT2D eigenvalue weighted by Crippen LogP contribution is 2.20. The number of hydrogen-bond donors (Lipinski definition) is 1. The molecule has 2 rings (SSSR count). The van der Waals surface area contributed by atoms with Crippen molar-refractivity contribution in [1.82, 2.24) is 9.55 Å². The lowest BCUT2D eigenvalue weighted by molar-refractivity contribution is 0.0679. The Kier molecular flexibility index (Phi) is 2.07. The number of rotatable bonds is 1. The fourth-order valence-corrected chi connectivity index (χ4v) is 3.04. The second kappa shape index (κ2) is 3.06. The highest BCUT2D eigenvalue weighted by Gasteiger charge is 2.28. The Morgan fingerprint density at radius 2 is 2.20 bits per heavy atom. The molecule has 1 aromatic heterocycles. The van der Waals surface area contributed by atoms with Crippen LogP contribution in [0.2, 0.25) is 0 Å². The Bertz CT molecular complexity index is 529. The second-order valence-electron chi connectivity index (χ2n) is 3.53. The highest BCUT2D eigenvalue weighted by molar-refractivity contribution is 7.90. The van der Waals surface area contributed by atoms with Gasteiger partial charge in [0.25, 0.3) is 0 Å². The van der Waals surface area contributed by atoms with Gasteiger partial charge in [-0.05, 0) is 0 Å². The van der Waals surface area contributed by atoms with Crippen molar-refractivity contribution in [2.75, 3.05) is 5.75 Å². The van der Waals surface area contributed by atoms with Gasteiger partial charge in [-0.15, -0.1) is 0 Å². The maximum Gasteiger partial charge on any atom is 0.372 e. The van der Waals surface area contributed by atoms with Gasteiger partial charge in [-0.2, -0.15) is 0 Å². The number of hydrogen-bond acceptors (Lipinski definition) is 4. The van der Waals surface area contributed by atoms with E-state index in [1.807, 2.05) is 0 Å². The van der Waals surface area contributed by atoms with E-state index in [1.54, 1.807) is 7.05 Å². The smallest absolute Gasteiger partial charge is 0.372 e. The van der Waals surface area contributed by atoms with Crippen LogP contribution in [-0.4, -0.2) is 34.8 Å². The second-order valence-corrected chi connectivity index (χ2v) is 5.72. The third-order valence-electron chi connectivity index (χ3n) is 2.49. The third kappa shape index (κ3) is 1.63. The van der Waals surface area contributed by atoms with Crippen molar-refractivity contribution < 1.29 is 18.3 Å². The molecule has 1 aliphatic rings. The standard InChI is InChI=1S/C8H10N2O4S/c1-10-6-2-3-15(13,14)4-5(6)9-7(10)8(11)12/h2-4H2,1H3,(H,11,12). The molecule has 6 nitrogen and oxygen atoms in total. The lowest BCUT2D eigenvalue weighted by Gasteiger charge is -2.12. The molecule has 0 spiro atoms. The quantitative estimate of drug-likeness (QED) is 0.708. The van der Waals surface area contributed by atoms with Crippen LogP contribution in [0.5, 0.6) is 0 Å². The van der Waals surface area contributed by atoms with E-state index in [1.165, 1.54) is 4.57 Å². The van der Waals surface area contributed by atoms with Crippen molar-refractivity contribution in [2.24, 2.45) is 7.05 Å². The van der Waals surface area contributed by atoms with Crippen LogP contribution >= 0.6 is 0 Å². The van der Waals surface area contributed by atoms with E-state index in [4.69, 9.17) is 5.11 Å². The van der Waals surface area contributed by atoms with Crippen LogP contribution in [-0.2, 0) is 29.1 Å². The predicted molar refractivity (Wildman–Crippen MR) is 51.4 cm³/mol. The Balaban J connectivity index is 2.55. The van der Waals surface area contributed by atoms with E-state index in [-0.39, 0.29) is 17.3 Å². The van der Waals surface area contributed by atoms with Gasteiger partial charge in [0.1, 0.15) is 0 Å². The molecule has 0 amide bonds. The molecule has 0 saturated carbocycles. The largest absolute Gasteiger partial charge is 0.475 e. The zero-order valence-electron chi connectivity index (χ0n) is 8.10. The summed E-state index contributed by atoms with van der Waals surface area (Å²) >= 11 is 0. The van der Waals surface area contributed by atoms with Gasteiger partial charge < -0.3 is 9.67 Å². The molecular weight excluding hydrogens is 220 g/mol. The summed E-state index contributed by atoms with van der Waals surface area (Å²) in [7, 11) is -1.50. The SMILES string of the molecule is Cn1c(C(=O)O)nc2c1CCS(=O)(=O)C2. The predicted octanol–water partition coefficient (Wildman–Crippen LogP) is -0.411. The van der Waals surface area contributed by atoms with Gasteiger partial charge in [0.05, 0.1) is 17.2 Å². The number of nitrogens with zero attached hydrogens (tertiary/aromatic N) is 2. The lowest BCUT2D eigenvalue weighted by Crippen LogP contribution is -2.20. The fourth-order valence-electron chi connectivity index (χ4n) is 1.74. The number of carboxylic acid groups (broad SMARTS) is 1. The van der Waals surface area contributed by atoms with E-state index in [0.717, 1.165) is 0 Å². The van der Waals surface area contributed by atoms with Crippen LogP contribution in [0.1, 0.15) is 22.0 Å². The van der Waals surface area contributed by atoms with Crippen molar-refractivity contribution in [1.29, 1.82) is 0 Å². The summed E-state index contributed by atoms with van der Waals surface area (Å²) in [5, 5.41) is 8.81. The molecular formula is C8H10N2O4S. The van der Waals surface area contributed by atoms with Crippen molar-refractivity contribution in [2.45, 2.75) is 12.2 Å². The first kappa shape index (κ1) is 10.2. The van der Waals surface area contributed by atoms with Crippen LogP contribution < -0.4 is 0 Å². The number of aromatic carboxylic acids is 1. The number of sulfone groups is 1. The molecule has 0 bridgehead atoms. The Morgan fingerprint density at radius 3 is 2.80 bits per heavy atom. The Hall–Kier alpha value is -1.37. The molecule has 1 aliphatic heterocycles. The van der Waals surface area contributed by atoms with E-state index in [0.29, 0.717) is 17.8 Å². The molecule has 0 atom stereocenters. The Morgan fingerprint density at radius 1 is 1.53 bits per heavy atom. The van der Waals surface area contributed by atoms with Gasteiger partial charge in [0, 0.05) is 19.2 Å². The summed E-state index contributed by atoms with van der Waals surface area (Å²) in [5.41, 5.74) is 1.09. The average Bonchev–Trinajstić information content (AvgIpc) is 2.41. The van der Waals surface area contributed by atoms with Gasteiger partial charge in [0.2, 0.25) is 5.82 Å². The number of carbonyl (C=O) groups is 1. The molecule has 0 aliphatic carbocycles. The molecule has 7 heteroatoms. The van der Waals surface area contributed by atoms with Crippen molar-refractivity contribution >= 4 is 15.8 Å². The van der Waals surface area contributed by atoms with Gasteiger partial charge in [-0.3, -0.25) is 0 Å². The molecule has 0 aromatic carbocycles. The molecule has 2 heterocycles. The van der Waals surface area contributed by atoms with E-state index in [9.17, 15) is 13.2 Å². The summed E-state index contributed by atoms with van der Waals surface area (Å²) in [4.78, 5) is 14.6. The first-order valence-corrected chi connectivity index (χ1v) is 6.21. The van der Waals surface area contributed by atoms with Gasteiger partial charge in [-0.1, -0.05) is 0 Å². The monoisotopic (exact) mass is 230 g/mol. The molecule has 0 radical (unpaired) electrons. The van der Waals surface area contributed by atoms with Crippen LogP contribution in [0.25, 0.3) is 0 Å². The minimum atomic E-state index is -3.09. The lowest BCUT2D eigenvalue weighted by atomic mass is 10.3. The average molecular weight is 230 g/mol. The number of fused-ring (bicyclic) bond motifs is 1. The fraction of sp³-hybridized carbons (Fsp3) is 0.500. The zero-order valence-corrected chi connectivity index (χ0v) is 8.91. The summed E-state index contributed by atoms with van der Waals surface area (Å²) in [6, 6.07) is 0.